The summed E-state index contributed by atoms with van der Waals surface area (Å²) >= 11 is 0. The number of ether oxygens (including phenoxy) is 2. The molecule has 0 amide bonds. The number of unbranched alkanes of at least 4 members (excludes halogenated alkanes) is 25. The van der Waals surface area contributed by atoms with Gasteiger partial charge in [-0.15, -0.1) is 0 Å². The second-order valence-electron chi connectivity index (χ2n) is 15.6. The molecule has 6 N–H and O–H groups in total. The van der Waals surface area contributed by atoms with Gasteiger partial charge in [-0.3, -0.25) is 13.8 Å². The van der Waals surface area contributed by atoms with Gasteiger partial charge in [-0.1, -0.05) is 174 Å². The average Bonchev–Trinajstić information content (AvgIpc) is 3.15. The molecule has 0 spiro atoms. The van der Waals surface area contributed by atoms with Crippen LogP contribution in [0, 0.1) is 0 Å². The molecule has 0 bridgehead atoms. The molecule has 0 radical (unpaired) electrons. The van der Waals surface area contributed by atoms with E-state index in [4.69, 9.17) is 18.5 Å². The molecule has 12 nitrogen and oxygen atoms in total. The van der Waals surface area contributed by atoms with Gasteiger partial charge in [0.15, 0.2) is 0 Å². The fourth-order valence-electron chi connectivity index (χ4n) is 6.94. The summed E-state index contributed by atoms with van der Waals surface area (Å²) in [4.78, 5) is 23.1. The lowest BCUT2D eigenvalue weighted by Crippen LogP contribution is -2.64. The number of esters is 1. The molecule has 1 aliphatic carbocycles. The Kier molecular flexibility index (Phi) is 31.7. The predicted molar refractivity (Wildman–Crippen MR) is 212 cm³/mol. The summed E-state index contributed by atoms with van der Waals surface area (Å²) in [5.41, 5.74) is 0. The van der Waals surface area contributed by atoms with Crippen molar-refractivity contribution >= 4 is 13.8 Å². The van der Waals surface area contributed by atoms with Gasteiger partial charge >= 0.3 is 13.8 Å². The van der Waals surface area contributed by atoms with Crippen LogP contribution in [0.2, 0.25) is 0 Å². The number of aliphatic hydroxyl groups is 5. The largest absolute Gasteiger partial charge is 0.472 e. The maximum absolute atomic E-state index is 12.8. The van der Waals surface area contributed by atoms with Crippen LogP contribution in [-0.4, -0.2) is 98.9 Å². The highest BCUT2D eigenvalue weighted by atomic mass is 31.2. The molecule has 1 fully saturated rings. The zero-order valence-electron chi connectivity index (χ0n) is 34.0. The smallest absolute Gasteiger partial charge is 0.457 e. The molecule has 6 atom stereocenters. The fourth-order valence-corrected chi connectivity index (χ4v) is 7.92. The van der Waals surface area contributed by atoms with E-state index in [0.717, 1.165) is 38.5 Å². The van der Waals surface area contributed by atoms with Crippen molar-refractivity contribution in [2.45, 2.75) is 236 Å². The summed E-state index contributed by atoms with van der Waals surface area (Å²) in [5.74, 6) is -0.473. The standard InChI is InChI=1S/C41H81O12P/c1-3-5-7-9-11-13-15-17-18-20-22-24-26-28-30-35(42)52-34(32-50-31-29-27-25-23-21-19-16-14-12-10-8-6-4-2)33-51-54(48,49)53-41-39(46)37(44)36(43)38(45)40(41)47/h34,36-41,43-47H,3-33H2,1-2H3,(H,48,49). The van der Waals surface area contributed by atoms with Gasteiger partial charge < -0.3 is 39.9 Å². The molecule has 0 saturated heterocycles. The first-order chi connectivity index (χ1) is 26.0. The Morgan fingerprint density at radius 1 is 0.519 bits per heavy atom. The minimum atomic E-state index is -5.00. The van der Waals surface area contributed by atoms with Crippen molar-refractivity contribution in [3.8, 4) is 0 Å². The van der Waals surface area contributed by atoms with E-state index in [1.807, 2.05) is 0 Å². The molecule has 0 aromatic heterocycles. The number of carbonyl (C=O) groups excluding carboxylic acids is 1. The van der Waals surface area contributed by atoms with Crippen LogP contribution >= 0.6 is 7.82 Å². The third-order valence-electron chi connectivity index (χ3n) is 10.5. The lowest BCUT2D eigenvalue weighted by atomic mass is 9.85. The van der Waals surface area contributed by atoms with Gasteiger partial charge in [0.05, 0.1) is 13.2 Å². The van der Waals surface area contributed by atoms with E-state index in [1.54, 1.807) is 0 Å². The first kappa shape index (κ1) is 51.4. The highest BCUT2D eigenvalue weighted by Gasteiger charge is 2.51. The van der Waals surface area contributed by atoms with E-state index >= 15 is 0 Å². The van der Waals surface area contributed by atoms with Crippen molar-refractivity contribution in [1.82, 2.24) is 0 Å². The van der Waals surface area contributed by atoms with Gasteiger partial charge in [0, 0.05) is 13.0 Å². The summed E-state index contributed by atoms with van der Waals surface area (Å²) in [6, 6.07) is 0. The Morgan fingerprint density at radius 2 is 0.870 bits per heavy atom. The third-order valence-corrected chi connectivity index (χ3v) is 11.5. The van der Waals surface area contributed by atoms with Gasteiger partial charge in [0.1, 0.15) is 42.7 Å². The summed E-state index contributed by atoms with van der Waals surface area (Å²) in [6.07, 6.45) is 20.3. The highest BCUT2D eigenvalue weighted by Crippen LogP contribution is 2.47. The molecule has 13 heteroatoms. The Hall–Kier alpha value is -0.660. The lowest BCUT2D eigenvalue weighted by Gasteiger charge is -2.41. The molecule has 0 aromatic carbocycles. The van der Waals surface area contributed by atoms with Crippen LogP contribution in [0.1, 0.15) is 194 Å². The van der Waals surface area contributed by atoms with Gasteiger partial charge in [0.2, 0.25) is 0 Å². The van der Waals surface area contributed by atoms with Gasteiger partial charge in [-0.25, -0.2) is 4.57 Å². The number of carbonyl (C=O) groups is 1. The maximum Gasteiger partial charge on any atom is 0.472 e. The molecule has 1 aliphatic rings. The lowest BCUT2D eigenvalue weighted by molar-refractivity contribution is -0.220. The number of hydrogen-bond donors (Lipinski definition) is 6. The number of phosphoric acid groups is 1. The van der Waals surface area contributed by atoms with Crippen molar-refractivity contribution in [3.63, 3.8) is 0 Å². The van der Waals surface area contributed by atoms with Crippen LogP contribution in [0.4, 0.5) is 0 Å². The van der Waals surface area contributed by atoms with E-state index in [2.05, 4.69) is 13.8 Å². The van der Waals surface area contributed by atoms with E-state index in [-0.39, 0.29) is 13.0 Å². The normalized spacial score (nSPS) is 23.3. The van der Waals surface area contributed by atoms with Crippen molar-refractivity contribution in [2.24, 2.45) is 0 Å². The third kappa shape index (κ3) is 25.6. The number of phosphoric ester groups is 1. The molecule has 6 unspecified atom stereocenters. The zero-order chi connectivity index (χ0) is 39.9. The first-order valence-electron chi connectivity index (χ1n) is 21.9. The average molecular weight is 797 g/mol. The van der Waals surface area contributed by atoms with E-state index in [1.165, 1.54) is 128 Å². The van der Waals surface area contributed by atoms with Crippen LogP contribution in [0.25, 0.3) is 0 Å². The molecular weight excluding hydrogens is 715 g/mol. The molecular formula is C41H81O12P. The van der Waals surface area contributed by atoms with Gasteiger partial charge in [-0.2, -0.15) is 0 Å². The van der Waals surface area contributed by atoms with Crippen LogP contribution in [0.3, 0.4) is 0 Å². The molecule has 322 valence electrons. The molecule has 1 saturated carbocycles. The maximum atomic E-state index is 12.8. The number of aliphatic hydroxyl groups excluding tert-OH is 5. The Bertz CT molecular complexity index is 911. The van der Waals surface area contributed by atoms with E-state index in [9.17, 15) is 39.8 Å². The molecule has 0 heterocycles. The summed E-state index contributed by atoms with van der Waals surface area (Å²) in [7, 11) is -5.00. The Balaban J connectivity index is 2.41. The highest BCUT2D eigenvalue weighted by molar-refractivity contribution is 7.47. The SMILES string of the molecule is CCCCCCCCCCCCCCCCC(=O)OC(COCCCCCCCCCCCCCCC)COP(=O)(O)OC1C(O)C(O)C(O)C(O)C1O. The van der Waals surface area contributed by atoms with Crippen molar-refractivity contribution in [3.05, 3.63) is 0 Å². The molecule has 0 aliphatic heterocycles. The summed E-state index contributed by atoms with van der Waals surface area (Å²) in [5, 5.41) is 50.1. The van der Waals surface area contributed by atoms with Crippen molar-refractivity contribution in [2.75, 3.05) is 19.8 Å². The topological polar surface area (TPSA) is 192 Å². The zero-order valence-corrected chi connectivity index (χ0v) is 34.9. The minimum Gasteiger partial charge on any atom is -0.457 e. The summed E-state index contributed by atoms with van der Waals surface area (Å²) < 4.78 is 34.1. The molecule has 0 aromatic rings. The van der Waals surface area contributed by atoms with Gasteiger partial charge in [-0.05, 0) is 12.8 Å². The summed E-state index contributed by atoms with van der Waals surface area (Å²) in [6.45, 7) is 4.27. The molecule has 1 rings (SSSR count). The van der Waals surface area contributed by atoms with Crippen LogP contribution in [0.15, 0.2) is 0 Å². The van der Waals surface area contributed by atoms with Crippen LogP contribution < -0.4 is 0 Å². The van der Waals surface area contributed by atoms with Crippen LogP contribution in [-0.2, 0) is 27.9 Å². The number of hydrogen-bond acceptors (Lipinski definition) is 11. The van der Waals surface area contributed by atoms with Crippen molar-refractivity contribution < 1.29 is 58.3 Å². The van der Waals surface area contributed by atoms with Gasteiger partial charge in [0.25, 0.3) is 0 Å². The monoisotopic (exact) mass is 797 g/mol. The number of rotatable bonds is 37. The fraction of sp³-hybridized carbons (Fsp3) is 0.976. The first-order valence-corrected chi connectivity index (χ1v) is 23.4. The second-order valence-corrected chi connectivity index (χ2v) is 17.0. The predicted octanol–water partition coefficient (Wildman–Crippen LogP) is 8.20. The molecule has 54 heavy (non-hydrogen) atoms. The second kappa shape index (κ2) is 33.3. The van der Waals surface area contributed by atoms with E-state index < -0.39 is 63.1 Å². The van der Waals surface area contributed by atoms with Crippen molar-refractivity contribution in [1.29, 1.82) is 0 Å². The quantitative estimate of drug-likeness (QED) is 0.0201. The van der Waals surface area contributed by atoms with Crippen LogP contribution in [0.5, 0.6) is 0 Å². The Morgan fingerprint density at radius 3 is 1.28 bits per heavy atom. The van der Waals surface area contributed by atoms with E-state index in [0.29, 0.717) is 13.0 Å². The minimum absolute atomic E-state index is 0.0684. The Labute approximate surface area is 327 Å².